The summed E-state index contributed by atoms with van der Waals surface area (Å²) in [4.78, 5) is 0. The summed E-state index contributed by atoms with van der Waals surface area (Å²) in [6, 6.07) is 10.5. The first kappa shape index (κ1) is 14.1. The van der Waals surface area contributed by atoms with Crippen molar-refractivity contribution in [2.75, 3.05) is 0 Å². The van der Waals surface area contributed by atoms with E-state index >= 15 is 0 Å². The standard InChI is InChI=1S/C18H19FO2/c1-11-4-5-13(9-15(11)19)17(20)12-6-7-16-14(8-12)10-18(2,3)21-16/h4-9,17,20H,10H2,1-3H3. The lowest BCUT2D eigenvalue weighted by Gasteiger charge is -2.16. The molecule has 3 heteroatoms. The van der Waals surface area contributed by atoms with Gasteiger partial charge in [-0.1, -0.05) is 18.2 Å². The molecule has 0 aromatic heterocycles. The van der Waals surface area contributed by atoms with Gasteiger partial charge in [0, 0.05) is 6.42 Å². The molecule has 21 heavy (non-hydrogen) atoms. The van der Waals surface area contributed by atoms with E-state index in [4.69, 9.17) is 4.74 Å². The molecule has 0 aliphatic carbocycles. The second-order valence-electron chi connectivity index (χ2n) is 6.32. The van der Waals surface area contributed by atoms with Crippen molar-refractivity contribution in [1.82, 2.24) is 0 Å². The van der Waals surface area contributed by atoms with Crippen LogP contribution in [0.2, 0.25) is 0 Å². The number of hydrogen-bond donors (Lipinski definition) is 1. The predicted octanol–water partition coefficient (Wildman–Crippen LogP) is 3.93. The fraction of sp³-hybridized carbons (Fsp3) is 0.333. The molecule has 1 N–H and O–H groups in total. The van der Waals surface area contributed by atoms with Gasteiger partial charge in [0.05, 0.1) is 0 Å². The summed E-state index contributed by atoms with van der Waals surface area (Å²) >= 11 is 0. The van der Waals surface area contributed by atoms with Crippen LogP contribution in [-0.2, 0) is 6.42 Å². The number of aliphatic hydroxyl groups is 1. The normalized spacial score (nSPS) is 17.2. The number of aliphatic hydroxyl groups excluding tert-OH is 1. The largest absolute Gasteiger partial charge is 0.487 e. The molecule has 0 fully saturated rings. The van der Waals surface area contributed by atoms with Crippen molar-refractivity contribution >= 4 is 0 Å². The predicted molar refractivity (Wildman–Crippen MR) is 80.1 cm³/mol. The van der Waals surface area contributed by atoms with E-state index in [1.54, 1.807) is 19.1 Å². The first-order valence-electron chi connectivity index (χ1n) is 7.12. The zero-order valence-electron chi connectivity index (χ0n) is 12.5. The average Bonchev–Trinajstić information content (AvgIpc) is 2.73. The van der Waals surface area contributed by atoms with Crippen LogP contribution in [0, 0.1) is 12.7 Å². The fourth-order valence-corrected chi connectivity index (χ4v) is 2.77. The second-order valence-corrected chi connectivity index (χ2v) is 6.32. The van der Waals surface area contributed by atoms with E-state index in [1.807, 2.05) is 32.0 Å². The van der Waals surface area contributed by atoms with Crippen LogP contribution in [0.15, 0.2) is 36.4 Å². The number of aryl methyl sites for hydroxylation is 1. The minimum absolute atomic E-state index is 0.206. The van der Waals surface area contributed by atoms with Crippen molar-refractivity contribution < 1.29 is 14.2 Å². The zero-order valence-corrected chi connectivity index (χ0v) is 12.5. The Bertz CT molecular complexity index is 692. The molecule has 2 aromatic rings. The highest BCUT2D eigenvalue weighted by Gasteiger charge is 2.30. The zero-order chi connectivity index (χ0) is 15.2. The number of ether oxygens (including phenoxy) is 1. The van der Waals surface area contributed by atoms with Crippen LogP contribution in [-0.4, -0.2) is 10.7 Å². The van der Waals surface area contributed by atoms with Gasteiger partial charge in [-0.05, 0) is 61.2 Å². The first-order valence-corrected chi connectivity index (χ1v) is 7.12. The molecule has 0 spiro atoms. The van der Waals surface area contributed by atoms with Gasteiger partial charge in [0.15, 0.2) is 0 Å². The second kappa shape index (κ2) is 4.85. The number of hydrogen-bond acceptors (Lipinski definition) is 2. The van der Waals surface area contributed by atoms with Crippen LogP contribution in [0.4, 0.5) is 4.39 Å². The fourth-order valence-electron chi connectivity index (χ4n) is 2.77. The molecular formula is C18H19FO2. The van der Waals surface area contributed by atoms with Crippen LogP contribution < -0.4 is 4.74 Å². The number of halogens is 1. The Morgan fingerprint density at radius 2 is 1.81 bits per heavy atom. The summed E-state index contributed by atoms with van der Waals surface area (Å²) in [5.74, 6) is 0.572. The molecule has 3 rings (SSSR count). The molecule has 0 saturated heterocycles. The Morgan fingerprint density at radius 1 is 1.14 bits per heavy atom. The summed E-state index contributed by atoms with van der Waals surface area (Å²) < 4.78 is 19.5. The molecule has 2 aromatic carbocycles. The van der Waals surface area contributed by atoms with Gasteiger partial charge in [0.2, 0.25) is 0 Å². The summed E-state index contributed by atoms with van der Waals surface area (Å²) in [5, 5.41) is 10.5. The van der Waals surface area contributed by atoms with Crippen molar-refractivity contribution in [3.05, 3.63) is 64.5 Å². The van der Waals surface area contributed by atoms with Gasteiger partial charge in [0.1, 0.15) is 23.3 Å². The molecule has 2 nitrogen and oxygen atoms in total. The molecule has 1 aliphatic heterocycles. The van der Waals surface area contributed by atoms with E-state index in [9.17, 15) is 9.50 Å². The van der Waals surface area contributed by atoms with E-state index < -0.39 is 6.10 Å². The van der Waals surface area contributed by atoms with Crippen LogP contribution >= 0.6 is 0 Å². The minimum atomic E-state index is -0.825. The topological polar surface area (TPSA) is 29.5 Å². The van der Waals surface area contributed by atoms with E-state index in [1.165, 1.54) is 6.07 Å². The molecule has 1 aliphatic rings. The SMILES string of the molecule is Cc1ccc(C(O)c2ccc3c(c2)CC(C)(C)O3)cc1F. The van der Waals surface area contributed by atoms with E-state index in [0.717, 1.165) is 23.3 Å². The lowest BCUT2D eigenvalue weighted by Crippen LogP contribution is -2.24. The van der Waals surface area contributed by atoms with Crippen molar-refractivity contribution in [3.8, 4) is 5.75 Å². The summed E-state index contributed by atoms with van der Waals surface area (Å²) in [7, 11) is 0. The van der Waals surface area contributed by atoms with Gasteiger partial charge >= 0.3 is 0 Å². The van der Waals surface area contributed by atoms with Crippen LogP contribution in [0.3, 0.4) is 0 Å². The highest BCUT2D eigenvalue weighted by Crippen LogP contribution is 2.37. The van der Waals surface area contributed by atoms with Gasteiger partial charge in [-0.25, -0.2) is 4.39 Å². The summed E-state index contributed by atoms with van der Waals surface area (Å²) in [5.41, 5.74) is 2.79. The maximum atomic E-state index is 13.6. The first-order chi connectivity index (χ1) is 9.85. The Balaban J connectivity index is 1.93. The molecule has 1 unspecified atom stereocenters. The van der Waals surface area contributed by atoms with Crippen molar-refractivity contribution in [2.45, 2.75) is 38.9 Å². The number of benzene rings is 2. The van der Waals surface area contributed by atoms with E-state index in [0.29, 0.717) is 11.1 Å². The molecule has 0 bridgehead atoms. The summed E-state index contributed by atoms with van der Waals surface area (Å²) in [6.45, 7) is 5.79. The lowest BCUT2D eigenvalue weighted by atomic mass is 9.96. The van der Waals surface area contributed by atoms with Crippen LogP contribution in [0.5, 0.6) is 5.75 Å². The molecular weight excluding hydrogens is 267 g/mol. The molecule has 1 atom stereocenters. The van der Waals surface area contributed by atoms with Crippen LogP contribution in [0.1, 0.15) is 42.2 Å². The third-order valence-electron chi connectivity index (χ3n) is 3.91. The van der Waals surface area contributed by atoms with Crippen LogP contribution in [0.25, 0.3) is 0 Å². The Labute approximate surface area is 124 Å². The Hall–Kier alpha value is -1.87. The van der Waals surface area contributed by atoms with Gasteiger partial charge in [-0.15, -0.1) is 0 Å². The van der Waals surface area contributed by atoms with Crippen molar-refractivity contribution in [2.24, 2.45) is 0 Å². The Morgan fingerprint density at radius 3 is 2.52 bits per heavy atom. The highest BCUT2D eigenvalue weighted by molar-refractivity contribution is 5.44. The molecule has 0 radical (unpaired) electrons. The smallest absolute Gasteiger partial charge is 0.126 e. The molecule has 0 amide bonds. The van der Waals surface area contributed by atoms with Crippen molar-refractivity contribution in [3.63, 3.8) is 0 Å². The average molecular weight is 286 g/mol. The molecule has 1 heterocycles. The quantitative estimate of drug-likeness (QED) is 0.906. The maximum absolute atomic E-state index is 13.6. The summed E-state index contributed by atoms with van der Waals surface area (Å²) in [6.07, 6.45) is -0.0142. The van der Waals surface area contributed by atoms with Gasteiger partial charge in [-0.2, -0.15) is 0 Å². The lowest BCUT2D eigenvalue weighted by molar-refractivity contribution is 0.138. The van der Waals surface area contributed by atoms with E-state index in [-0.39, 0.29) is 11.4 Å². The van der Waals surface area contributed by atoms with Crippen molar-refractivity contribution in [1.29, 1.82) is 0 Å². The highest BCUT2D eigenvalue weighted by atomic mass is 19.1. The molecule has 0 saturated carbocycles. The van der Waals surface area contributed by atoms with Gasteiger partial charge in [-0.3, -0.25) is 0 Å². The monoisotopic (exact) mass is 286 g/mol. The minimum Gasteiger partial charge on any atom is -0.487 e. The van der Waals surface area contributed by atoms with Gasteiger partial charge < -0.3 is 9.84 Å². The third kappa shape index (κ3) is 2.66. The maximum Gasteiger partial charge on any atom is 0.126 e. The number of rotatable bonds is 2. The Kier molecular flexibility index (Phi) is 3.25. The third-order valence-corrected chi connectivity index (χ3v) is 3.91. The van der Waals surface area contributed by atoms with Gasteiger partial charge in [0.25, 0.3) is 0 Å². The van der Waals surface area contributed by atoms with E-state index in [2.05, 4.69) is 0 Å². The molecule has 110 valence electrons. The number of fused-ring (bicyclic) bond motifs is 1.